The number of urea groups is 1. The summed E-state index contributed by atoms with van der Waals surface area (Å²) in [7, 11) is 0. The van der Waals surface area contributed by atoms with E-state index in [1.54, 1.807) is 16.2 Å². The quantitative estimate of drug-likeness (QED) is 0.518. The van der Waals surface area contributed by atoms with E-state index in [2.05, 4.69) is 27.0 Å². The molecule has 28 heavy (non-hydrogen) atoms. The van der Waals surface area contributed by atoms with Crippen molar-refractivity contribution in [1.82, 2.24) is 14.8 Å². The Morgan fingerprint density at radius 2 is 1.89 bits per heavy atom. The number of thiophene rings is 1. The number of rotatable bonds is 1. The Bertz CT molecular complexity index is 1130. The maximum Gasteiger partial charge on any atom is 0.328 e. The summed E-state index contributed by atoms with van der Waals surface area (Å²) in [5, 5.41) is 1.13. The molecule has 2 aliphatic rings. The van der Waals surface area contributed by atoms with Crippen LogP contribution in [0, 0.1) is 0 Å². The fraction of sp³-hybridized carbons (Fsp3) is 0.333. The van der Waals surface area contributed by atoms with Gasteiger partial charge in [-0.3, -0.25) is 14.6 Å². The van der Waals surface area contributed by atoms with Crippen molar-refractivity contribution in [2.75, 3.05) is 0 Å². The number of carbonyl (C=O) groups excluding carboxylic acids is 2. The van der Waals surface area contributed by atoms with Crippen LogP contribution in [-0.4, -0.2) is 38.3 Å². The van der Waals surface area contributed by atoms with Crippen LogP contribution in [-0.2, 0) is 11.2 Å². The van der Waals surface area contributed by atoms with Gasteiger partial charge in [0, 0.05) is 33.4 Å². The van der Waals surface area contributed by atoms with Crippen molar-refractivity contribution >= 4 is 50.1 Å². The number of H-pyrrole nitrogens is 1. The van der Waals surface area contributed by atoms with Gasteiger partial charge in [0.1, 0.15) is 12.1 Å². The predicted octanol–water partition coefficient (Wildman–Crippen LogP) is 5.07. The van der Waals surface area contributed by atoms with Crippen molar-refractivity contribution in [2.45, 2.75) is 44.8 Å². The van der Waals surface area contributed by atoms with E-state index in [9.17, 15) is 9.59 Å². The van der Waals surface area contributed by atoms with E-state index in [4.69, 9.17) is 0 Å². The van der Waals surface area contributed by atoms with Crippen molar-refractivity contribution in [3.63, 3.8) is 0 Å². The van der Waals surface area contributed by atoms with E-state index >= 15 is 0 Å². The average Bonchev–Trinajstić information content (AvgIpc) is 3.28. The molecule has 7 heteroatoms. The lowest BCUT2D eigenvalue weighted by molar-refractivity contribution is -0.131. The number of para-hydroxylation sites is 1. The summed E-state index contributed by atoms with van der Waals surface area (Å²) in [4.78, 5) is 34.5. The highest BCUT2D eigenvalue weighted by Crippen LogP contribution is 2.47. The molecule has 0 bridgehead atoms. The van der Waals surface area contributed by atoms with Gasteiger partial charge in [0.2, 0.25) is 0 Å². The molecule has 2 atom stereocenters. The Balaban J connectivity index is 1.74. The Morgan fingerprint density at radius 3 is 2.57 bits per heavy atom. The standard InChI is InChI=1S/C21H20BrN3O2S/c1-21(2,3)25-19(26)14-10-12-11-6-4-5-7-13(11)23-17(12)18(24(14)20(25)27)15-8-9-16(22)28-15/h4-9,14,18,23H,10H2,1-3H3/t14-,18-/m0/s1. The summed E-state index contributed by atoms with van der Waals surface area (Å²) >= 11 is 5.15. The highest BCUT2D eigenvalue weighted by atomic mass is 79.9. The van der Waals surface area contributed by atoms with Gasteiger partial charge < -0.3 is 4.98 Å². The number of hydrogen-bond donors (Lipinski definition) is 1. The van der Waals surface area contributed by atoms with Gasteiger partial charge in [-0.25, -0.2) is 4.79 Å². The second kappa shape index (κ2) is 5.94. The summed E-state index contributed by atoms with van der Waals surface area (Å²) in [5.41, 5.74) is 2.65. The summed E-state index contributed by atoms with van der Waals surface area (Å²) in [6.45, 7) is 5.73. The van der Waals surface area contributed by atoms with Gasteiger partial charge in [0.05, 0.1) is 3.79 Å². The molecule has 0 spiro atoms. The molecule has 0 aliphatic carbocycles. The number of nitrogens with one attached hydrogen (secondary N) is 1. The third-order valence-electron chi connectivity index (χ3n) is 5.58. The van der Waals surface area contributed by atoms with Crippen LogP contribution in [0.15, 0.2) is 40.2 Å². The number of hydrogen-bond acceptors (Lipinski definition) is 3. The molecule has 0 radical (unpaired) electrons. The molecule has 1 N–H and O–H groups in total. The van der Waals surface area contributed by atoms with E-state index in [0.717, 1.165) is 30.8 Å². The molecular weight excluding hydrogens is 438 g/mol. The molecule has 144 valence electrons. The average molecular weight is 458 g/mol. The zero-order chi connectivity index (χ0) is 19.8. The van der Waals surface area contributed by atoms with Gasteiger partial charge in [0.15, 0.2) is 0 Å². The second-order valence-corrected chi connectivity index (χ2v) is 10.9. The molecule has 0 unspecified atom stereocenters. The fourth-order valence-corrected chi connectivity index (χ4v) is 6.00. The van der Waals surface area contributed by atoms with E-state index < -0.39 is 11.6 Å². The van der Waals surface area contributed by atoms with Gasteiger partial charge in [-0.1, -0.05) is 18.2 Å². The molecule has 1 aromatic carbocycles. The normalized spacial score (nSPS) is 22.1. The minimum atomic E-state index is -0.554. The Labute approximate surface area is 175 Å². The lowest BCUT2D eigenvalue weighted by Gasteiger charge is -2.35. The van der Waals surface area contributed by atoms with Gasteiger partial charge in [0.25, 0.3) is 5.91 Å². The number of nitrogens with zero attached hydrogens (tertiary/aromatic N) is 2. The predicted molar refractivity (Wildman–Crippen MR) is 113 cm³/mol. The first-order valence-electron chi connectivity index (χ1n) is 9.28. The Hall–Kier alpha value is -2.12. The lowest BCUT2D eigenvalue weighted by Crippen LogP contribution is -2.46. The topological polar surface area (TPSA) is 56.4 Å². The number of carbonyl (C=O) groups is 2. The number of fused-ring (bicyclic) bond motifs is 4. The van der Waals surface area contributed by atoms with Crippen molar-refractivity contribution in [3.05, 3.63) is 56.3 Å². The number of aromatic nitrogens is 1. The number of aromatic amines is 1. The minimum Gasteiger partial charge on any atom is -0.356 e. The van der Waals surface area contributed by atoms with Crippen LogP contribution in [0.2, 0.25) is 0 Å². The smallest absolute Gasteiger partial charge is 0.328 e. The maximum absolute atomic E-state index is 13.4. The second-order valence-electron chi connectivity index (χ2n) is 8.36. The minimum absolute atomic E-state index is 0.103. The molecule has 5 rings (SSSR count). The third-order valence-corrected chi connectivity index (χ3v) is 7.26. The summed E-state index contributed by atoms with van der Waals surface area (Å²) < 4.78 is 1.01. The summed E-state index contributed by atoms with van der Waals surface area (Å²) in [6, 6.07) is 11.2. The highest BCUT2D eigenvalue weighted by molar-refractivity contribution is 9.11. The molecule has 0 saturated carbocycles. The molecule has 1 saturated heterocycles. The SMILES string of the molecule is CC(C)(C)N1C(=O)[C@@H]2Cc3c([nH]c4ccccc34)[C@H](c3ccc(Br)s3)N2C1=O. The van der Waals surface area contributed by atoms with Gasteiger partial charge in [-0.15, -0.1) is 11.3 Å². The summed E-state index contributed by atoms with van der Waals surface area (Å²) in [6.07, 6.45) is 0.541. The zero-order valence-corrected chi connectivity index (χ0v) is 18.2. The van der Waals surface area contributed by atoms with Gasteiger partial charge >= 0.3 is 6.03 Å². The molecular formula is C21H20BrN3O2S. The van der Waals surface area contributed by atoms with Crippen LogP contribution in [0.3, 0.4) is 0 Å². The van der Waals surface area contributed by atoms with E-state index in [-0.39, 0.29) is 18.0 Å². The van der Waals surface area contributed by atoms with Gasteiger partial charge in [-0.2, -0.15) is 0 Å². The molecule has 3 aromatic rings. The molecule has 3 amide bonds. The van der Waals surface area contributed by atoms with Crippen LogP contribution in [0.25, 0.3) is 10.9 Å². The van der Waals surface area contributed by atoms with Crippen molar-refractivity contribution in [2.24, 2.45) is 0 Å². The van der Waals surface area contributed by atoms with Crippen LogP contribution >= 0.6 is 27.3 Å². The van der Waals surface area contributed by atoms with Crippen molar-refractivity contribution < 1.29 is 9.59 Å². The molecule has 1 fully saturated rings. The molecule has 4 heterocycles. The first-order chi connectivity index (χ1) is 13.3. The number of amides is 3. The van der Waals surface area contributed by atoms with Crippen molar-refractivity contribution in [1.29, 1.82) is 0 Å². The zero-order valence-electron chi connectivity index (χ0n) is 15.8. The van der Waals surface area contributed by atoms with E-state index in [0.29, 0.717) is 6.42 Å². The van der Waals surface area contributed by atoms with Crippen LogP contribution in [0.5, 0.6) is 0 Å². The van der Waals surface area contributed by atoms with Crippen molar-refractivity contribution in [3.8, 4) is 0 Å². The third kappa shape index (κ3) is 2.42. The lowest BCUT2D eigenvalue weighted by atomic mass is 9.91. The number of halogens is 1. The largest absolute Gasteiger partial charge is 0.356 e. The Morgan fingerprint density at radius 1 is 1.14 bits per heavy atom. The maximum atomic E-state index is 13.4. The first kappa shape index (κ1) is 17.9. The molecule has 5 nitrogen and oxygen atoms in total. The summed E-state index contributed by atoms with van der Waals surface area (Å²) in [5.74, 6) is -0.103. The van der Waals surface area contributed by atoms with E-state index in [1.807, 2.05) is 51.1 Å². The van der Waals surface area contributed by atoms with E-state index in [1.165, 1.54) is 4.90 Å². The highest BCUT2D eigenvalue weighted by Gasteiger charge is 2.55. The fourth-order valence-electron chi connectivity index (χ4n) is 4.47. The van der Waals surface area contributed by atoms with Crippen LogP contribution < -0.4 is 0 Å². The number of imide groups is 1. The number of benzene rings is 1. The first-order valence-corrected chi connectivity index (χ1v) is 10.9. The Kier molecular flexibility index (Phi) is 3.81. The molecule has 2 aliphatic heterocycles. The van der Waals surface area contributed by atoms with Crippen LogP contribution in [0.4, 0.5) is 4.79 Å². The van der Waals surface area contributed by atoms with Gasteiger partial charge in [-0.05, 0) is 60.5 Å². The molecule has 2 aromatic heterocycles. The van der Waals surface area contributed by atoms with Crippen LogP contribution in [0.1, 0.15) is 42.9 Å². The monoisotopic (exact) mass is 457 g/mol.